The molecule has 0 aromatic heterocycles. The minimum atomic E-state index is -0.147. The fourth-order valence-corrected chi connectivity index (χ4v) is 3.89. The number of hydrogen-bond acceptors (Lipinski definition) is 2. The van der Waals surface area contributed by atoms with Crippen LogP contribution in [0, 0.1) is 0 Å². The second-order valence-electron chi connectivity index (χ2n) is 6.04. The van der Waals surface area contributed by atoms with Crippen molar-refractivity contribution in [3.63, 3.8) is 0 Å². The van der Waals surface area contributed by atoms with Gasteiger partial charge in [-0.25, -0.2) is 0 Å². The molecule has 1 amide bonds. The van der Waals surface area contributed by atoms with Crippen LogP contribution in [0.3, 0.4) is 0 Å². The molecule has 0 aromatic rings. The summed E-state index contributed by atoms with van der Waals surface area (Å²) in [5.74, 6) is 0.418. The first-order chi connectivity index (χ1) is 8.32. The summed E-state index contributed by atoms with van der Waals surface area (Å²) in [5.41, 5.74) is -0.147. The van der Waals surface area contributed by atoms with E-state index in [-0.39, 0.29) is 5.54 Å². The Hall–Kier alpha value is -0.570. The first-order valence-electron chi connectivity index (χ1n) is 7.38. The van der Waals surface area contributed by atoms with Crippen molar-refractivity contribution in [3.05, 3.63) is 0 Å². The third-order valence-electron chi connectivity index (χ3n) is 4.98. The zero-order valence-electron chi connectivity index (χ0n) is 10.7. The Morgan fingerprint density at radius 1 is 1.00 bits per heavy atom. The maximum absolute atomic E-state index is 12.6. The van der Waals surface area contributed by atoms with Crippen molar-refractivity contribution in [3.8, 4) is 0 Å². The third-order valence-corrected chi connectivity index (χ3v) is 4.98. The van der Waals surface area contributed by atoms with E-state index in [1.165, 1.54) is 51.4 Å². The molecule has 0 bridgehead atoms. The summed E-state index contributed by atoms with van der Waals surface area (Å²) in [5, 5.41) is 3.53. The molecule has 2 saturated carbocycles. The average molecular weight is 236 g/mol. The number of nitrogens with one attached hydrogen (secondary N) is 1. The lowest BCUT2D eigenvalue weighted by atomic mass is 9.97. The second kappa shape index (κ2) is 4.60. The van der Waals surface area contributed by atoms with Crippen LogP contribution in [-0.2, 0) is 4.79 Å². The Kier molecular flexibility index (Phi) is 3.12. The largest absolute Gasteiger partial charge is 0.325 e. The van der Waals surface area contributed by atoms with Crippen LogP contribution in [0.4, 0.5) is 0 Å². The lowest BCUT2D eigenvalue weighted by molar-refractivity contribution is -0.134. The van der Waals surface area contributed by atoms with Gasteiger partial charge in [0.1, 0.15) is 0 Å². The lowest BCUT2D eigenvalue weighted by Gasteiger charge is -2.28. The Labute approximate surface area is 104 Å². The van der Waals surface area contributed by atoms with Gasteiger partial charge < -0.3 is 4.90 Å². The van der Waals surface area contributed by atoms with E-state index in [2.05, 4.69) is 10.2 Å². The van der Waals surface area contributed by atoms with Crippen LogP contribution in [0.2, 0.25) is 0 Å². The molecule has 1 heterocycles. The molecule has 3 aliphatic rings. The van der Waals surface area contributed by atoms with Crippen molar-refractivity contribution < 1.29 is 4.79 Å². The zero-order chi connectivity index (χ0) is 11.7. The first-order valence-corrected chi connectivity index (χ1v) is 7.38. The molecule has 3 nitrogen and oxygen atoms in total. The number of carbonyl (C=O) groups is 1. The van der Waals surface area contributed by atoms with Gasteiger partial charge in [0.05, 0.1) is 12.2 Å². The number of hydrogen-bond donors (Lipinski definition) is 1. The first kappa shape index (κ1) is 11.5. The Morgan fingerprint density at radius 2 is 1.65 bits per heavy atom. The molecule has 96 valence electrons. The number of amides is 1. The maximum Gasteiger partial charge on any atom is 0.244 e. The standard InChI is InChI=1S/C14H24N2O/c17-13-14(9-5-6-10-14)15-11-16(13)12-7-3-1-2-4-8-12/h12,15H,1-11H2. The van der Waals surface area contributed by atoms with Crippen LogP contribution >= 0.6 is 0 Å². The summed E-state index contributed by atoms with van der Waals surface area (Å²) in [6.45, 7) is 0.809. The van der Waals surface area contributed by atoms with E-state index in [9.17, 15) is 4.79 Å². The highest BCUT2D eigenvalue weighted by Gasteiger charge is 2.49. The molecule has 3 fully saturated rings. The van der Waals surface area contributed by atoms with Gasteiger partial charge in [-0.15, -0.1) is 0 Å². The predicted molar refractivity (Wildman–Crippen MR) is 67.5 cm³/mol. The Morgan fingerprint density at radius 3 is 2.29 bits per heavy atom. The van der Waals surface area contributed by atoms with Gasteiger partial charge in [-0.05, 0) is 25.7 Å². The van der Waals surface area contributed by atoms with Gasteiger partial charge in [0.25, 0.3) is 0 Å². The van der Waals surface area contributed by atoms with Crippen molar-refractivity contribution in [1.29, 1.82) is 0 Å². The van der Waals surface area contributed by atoms with E-state index in [1.54, 1.807) is 0 Å². The van der Waals surface area contributed by atoms with Gasteiger partial charge in [0.15, 0.2) is 0 Å². The minimum absolute atomic E-state index is 0.147. The number of rotatable bonds is 1. The molecule has 1 spiro atoms. The van der Waals surface area contributed by atoms with E-state index >= 15 is 0 Å². The molecule has 17 heavy (non-hydrogen) atoms. The second-order valence-corrected chi connectivity index (χ2v) is 6.04. The van der Waals surface area contributed by atoms with E-state index < -0.39 is 0 Å². The molecule has 1 saturated heterocycles. The average Bonchev–Trinajstić information content (AvgIpc) is 2.82. The molecule has 3 heteroatoms. The van der Waals surface area contributed by atoms with Crippen molar-refractivity contribution in [2.75, 3.05) is 6.67 Å². The highest BCUT2D eigenvalue weighted by Crippen LogP contribution is 2.36. The fraction of sp³-hybridized carbons (Fsp3) is 0.929. The van der Waals surface area contributed by atoms with Gasteiger partial charge in [-0.2, -0.15) is 0 Å². The molecule has 1 N–H and O–H groups in total. The van der Waals surface area contributed by atoms with Gasteiger partial charge in [0, 0.05) is 6.04 Å². The lowest BCUT2D eigenvalue weighted by Crippen LogP contribution is -2.45. The monoisotopic (exact) mass is 236 g/mol. The maximum atomic E-state index is 12.6. The Bertz CT molecular complexity index is 289. The third kappa shape index (κ3) is 1.99. The summed E-state index contributed by atoms with van der Waals surface area (Å²) in [6, 6.07) is 0.525. The highest BCUT2D eigenvalue weighted by atomic mass is 16.2. The number of carbonyl (C=O) groups excluding carboxylic acids is 1. The van der Waals surface area contributed by atoms with E-state index in [4.69, 9.17) is 0 Å². The summed E-state index contributed by atoms with van der Waals surface area (Å²) >= 11 is 0. The van der Waals surface area contributed by atoms with Crippen LogP contribution in [0.1, 0.15) is 64.2 Å². The molecular weight excluding hydrogens is 212 g/mol. The van der Waals surface area contributed by atoms with Gasteiger partial charge in [0.2, 0.25) is 5.91 Å². The summed E-state index contributed by atoms with van der Waals surface area (Å²) in [6.07, 6.45) is 12.3. The van der Waals surface area contributed by atoms with Crippen LogP contribution < -0.4 is 5.32 Å². The molecule has 0 unspecified atom stereocenters. The Balaban J connectivity index is 1.70. The molecule has 0 atom stereocenters. The van der Waals surface area contributed by atoms with Crippen LogP contribution in [-0.4, -0.2) is 29.1 Å². The molecule has 0 aromatic carbocycles. The quantitative estimate of drug-likeness (QED) is 0.709. The normalized spacial score (nSPS) is 30.1. The van der Waals surface area contributed by atoms with Gasteiger partial charge in [-0.1, -0.05) is 38.5 Å². The van der Waals surface area contributed by atoms with Gasteiger partial charge in [-0.3, -0.25) is 10.1 Å². The van der Waals surface area contributed by atoms with E-state index in [0.717, 1.165) is 19.5 Å². The summed E-state index contributed by atoms with van der Waals surface area (Å²) < 4.78 is 0. The van der Waals surface area contributed by atoms with Crippen molar-refractivity contribution in [2.24, 2.45) is 0 Å². The van der Waals surface area contributed by atoms with Crippen molar-refractivity contribution >= 4 is 5.91 Å². The SMILES string of the molecule is O=C1N(C2CCCCCC2)CNC12CCCC2. The zero-order valence-corrected chi connectivity index (χ0v) is 10.7. The fourth-order valence-electron chi connectivity index (χ4n) is 3.89. The molecular formula is C14H24N2O. The van der Waals surface area contributed by atoms with Crippen LogP contribution in [0.15, 0.2) is 0 Å². The van der Waals surface area contributed by atoms with E-state index in [1.807, 2.05) is 0 Å². The topological polar surface area (TPSA) is 32.3 Å². The molecule has 2 aliphatic carbocycles. The number of nitrogens with zero attached hydrogens (tertiary/aromatic N) is 1. The van der Waals surface area contributed by atoms with E-state index in [0.29, 0.717) is 11.9 Å². The minimum Gasteiger partial charge on any atom is -0.325 e. The van der Waals surface area contributed by atoms with Crippen LogP contribution in [0.5, 0.6) is 0 Å². The van der Waals surface area contributed by atoms with Crippen molar-refractivity contribution in [1.82, 2.24) is 10.2 Å². The van der Waals surface area contributed by atoms with Gasteiger partial charge >= 0.3 is 0 Å². The smallest absolute Gasteiger partial charge is 0.244 e. The molecule has 1 aliphatic heterocycles. The highest BCUT2D eigenvalue weighted by molar-refractivity contribution is 5.88. The summed E-state index contributed by atoms with van der Waals surface area (Å²) in [4.78, 5) is 14.8. The predicted octanol–water partition coefficient (Wildman–Crippen LogP) is 2.41. The molecule has 3 rings (SSSR count). The van der Waals surface area contributed by atoms with Crippen LogP contribution in [0.25, 0.3) is 0 Å². The summed E-state index contributed by atoms with van der Waals surface area (Å²) in [7, 11) is 0. The van der Waals surface area contributed by atoms with Crippen molar-refractivity contribution in [2.45, 2.75) is 75.8 Å². The molecule has 0 radical (unpaired) electrons.